The summed E-state index contributed by atoms with van der Waals surface area (Å²) in [5.74, 6) is 2.58. The number of halogens is 1. The van der Waals surface area contributed by atoms with Gasteiger partial charge in [0.05, 0.1) is 13.1 Å². The van der Waals surface area contributed by atoms with Gasteiger partial charge < -0.3 is 0 Å². The monoisotopic (exact) mass is 271 g/mol. The molecule has 0 atom stereocenters. The average Bonchev–Trinajstić information content (AvgIpc) is 2.52. The molecule has 0 saturated heterocycles. The van der Waals surface area contributed by atoms with E-state index in [9.17, 15) is 4.79 Å². The predicted molar refractivity (Wildman–Crippen MR) is 62.4 cm³/mol. The zero-order chi connectivity index (χ0) is 10.4. The van der Waals surface area contributed by atoms with Crippen LogP contribution in [0.5, 0.6) is 0 Å². The second kappa shape index (κ2) is 5.97. The molecule has 0 saturated carbocycles. The fourth-order valence-corrected chi connectivity index (χ4v) is 2.49. The molecule has 0 aliphatic rings. The van der Waals surface area contributed by atoms with Gasteiger partial charge in [-0.3, -0.25) is 10.1 Å². The first-order valence-electron chi connectivity index (χ1n) is 4.11. The molecule has 2 nitrogen and oxygen atoms in total. The fraction of sp³-hybridized carbons (Fsp3) is 0.300. The van der Waals surface area contributed by atoms with E-state index in [0.29, 0.717) is 19.5 Å². The van der Waals surface area contributed by atoms with Crippen molar-refractivity contribution in [2.24, 2.45) is 0 Å². The summed E-state index contributed by atoms with van der Waals surface area (Å²) >= 11 is 4.96. The second-order valence-electron chi connectivity index (χ2n) is 2.71. The maximum atomic E-state index is 11.4. The highest BCUT2D eigenvalue weighted by Crippen LogP contribution is 2.22. The highest BCUT2D eigenvalue weighted by Gasteiger charge is 2.07. The van der Waals surface area contributed by atoms with Crippen molar-refractivity contribution in [1.29, 1.82) is 0 Å². The highest BCUT2D eigenvalue weighted by atomic mass is 79.9. The summed E-state index contributed by atoms with van der Waals surface area (Å²) < 4.78 is 1.01. The van der Waals surface area contributed by atoms with E-state index in [1.807, 2.05) is 11.4 Å². The van der Waals surface area contributed by atoms with Crippen molar-refractivity contribution in [3.05, 3.63) is 20.8 Å². The lowest BCUT2D eigenvalue weighted by Gasteiger charge is -1.99. The van der Waals surface area contributed by atoms with Crippen LogP contribution in [0.2, 0.25) is 0 Å². The summed E-state index contributed by atoms with van der Waals surface area (Å²) in [6.45, 7) is 0.784. The molecule has 1 heterocycles. The first-order valence-corrected chi connectivity index (χ1v) is 5.79. The van der Waals surface area contributed by atoms with Crippen LogP contribution in [0.1, 0.15) is 4.88 Å². The van der Waals surface area contributed by atoms with E-state index in [-0.39, 0.29) is 5.78 Å². The number of rotatable bonds is 5. The molecule has 0 fully saturated rings. The lowest BCUT2D eigenvalue weighted by Crippen LogP contribution is -2.24. The van der Waals surface area contributed by atoms with Gasteiger partial charge in [-0.15, -0.1) is 17.8 Å². The van der Waals surface area contributed by atoms with Crippen LogP contribution in [-0.2, 0) is 11.2 Å². The van der Waals surface area contributed by atoms with Crippen molar-refractivity contribution in [3.63, 3.8) is 0 Å². The minimum absolute atomic E-state index is 0.156. The van der Waals surface area contributed by atoms with Gasteiger partial charge in [0, 0.05) is 15.8 Å². The molecule has 1 aromatic rings. The number of carbonyl (C=O) groups excluding carboxylic acids is 1. The molecular weight excluding hydrogens is 262 g/mol. The van der Waals surface area contributed by atoms with Crippen molar-refractivity contribution < 1.29 is 4.79 Å². The third kappa shape index (κ3) is 3.62. The van der Waals surface area contributed by atoms with Gasteiger partial charge in [-0.05, 0) is 27.4 Å². The van der Waals surface area contributed by atoms with E-state index in [1.54, 1.807) is 11.3 Å². The Labute approximate surface area is 95.8 Å². The van der Waals surface area contributed by atoms with Gasteiger partial charge >= 0.3 is 0 Å². The number of nitrogens with one attached hydrogen (secondary N) is 1. The van der Waals surface area contributed by atoms with Crippen LogP contribution in [0.4, 0.5) is 0 Å². The molecule has 0 spiro atoms. The van der Waals surface area contributed by atoms with Crippen LogP contribution < -0.4 is 5.32 Å². The smallest absolute Gasteiger partial charge is 0.151 e. The summed E-state index contributed by atoms with van der Waals surface area (Å²) in [6, 6.07) is 1.95. The maximum Gasteiger partial charge on any atom is 0.151 e. The van der Waals surface area contributed by atoms with Crippen LogP contribution >= 0.6 is 27.3 Å². The SMILES string of the molecule is C#CCNCC(=O)Cc1sccc1Br. The minimum Gasteiger partial charge on any atom is -0.299 e. The van der Waals surface area contributed by atoms with Crippen LogP contribution in [-0.4, -0.2) is 18.9 Å². The van der Waals surface area contributed by atoms with Crippen molar-refractivity contribution in [1.82, 2.24) is 5.32 Å². The van der Waals surface area contributed by atoms with Crippen molar-refractivity contribution in [2.45, 2.75) is 6.42 Å². The first kappa shape index (κ1) is 11.4. The zero-order valence-corrected chi connectivity index (χ0v) is 9.95. The van der Waals surface area contributed by atoms with Gasteiger partial charge in [0.1, 0.15) is 0 Å². The highest BCUT2D eigenvalue weighted by molar-refractivity contribution is 9.10. The predicted octanol–water partition coefficient (Wildman–Crippen LogP) is 1.84. The standard InChI is InChI=1S/C10H10BrNOS/c1-2-4-12-7-8(13)6-10-9(11)3-5-14-10/h1,3,5,12H,4,6-7H2. The van der Waals surface area contributed by atoms with E-state index in [2.05, 4.69) is 27.2 Å². The Morgan fingerprint density at radius 1 is 1.71 bits per heavy atom. The van der Waals surface area contributed by atoms with Crippen LogP contribution in [0.15, 0.2) is 15.9 Å². The molecule has 0 radical (unpaired) electrons. The molecule has 0 unspecified atom stereocenters. The minimum atomic E-state index is 0.156. The Hall–Kier alpha value is -0.630. The van der Waals surface area contributed by atoms with Gasteiger partial charge in [0.25, 0.3) is 0 Å². The van der Waals surface area contributed by atoms with E-state index >= 15 is 0 Å². The summed E-state index contributed by atoms with van der Waals surface area (Å²) in [7, 11) is 0. The van der Waals surface area contributed by atoms with E-state index in [4.69, 9.17) is 6.42 Å². The average molecular weight is 272 g/mol. The Morgan fingerprint density at radius 2 is 2.50 bits per heavy atom. The molecule has 0 aliphatic carbocycles. The molecule has 0 aromatic carbocycles. The van der Waals surface area contributed by atoms with E-state index < -0.39 is 0 Å². The summed E-state index contributed by atoms with van der Waals surface area (Å²) in [5, 5.41) is 4.83. The molecule has 0 bridgehead atoms. The second-order valence-corrected chi connectivity index (χ2v) is 4.57. The number of Topliss-reactive ketones (excluding diaryl/α,β-unsaturated/α-hetero) is 1. The number of hydrogen-bond donors (Lipinski definition) is 1. The van der Waals surface area contributed by atoms with Crippen LogP contribution in [0.25, 0.3) is 0 Å². The Morgan fingerprint density at radius 3 is 3.07 bits per heavy atom. The normalized spacial score (nSPS) is 9.71. The lowest BCUT2D eigenvalue weighted by molar-refractivity contribution is -0.117. The van der Waals surface area contributed by atoms with Crippen LogP contribution in [0.3, 0.4) is 0 Å². The molecule has 74 valence electrons. The molecular formula is C10H10BrNOS. The Balaban J connectivity index is 2.35. The molecule has 14 heavy (non-hydrogen) atoms. The molecule has 0 amide bonds. The van der Waals surface area contributed by atoms with Crippen LogP contribution in [0, 0.1) is 12.3 Å². The summed E-state index contributed by atoms with van der Waals surface area (Å²) in [5.41, 5.74) is 0. The number of hydrogen-bond acceptors (Lipinski definition) is 3. The van der Waals surface area contributed by atoms with Gasteiger partial charge in [-0.25, -0.2) is 0 Å². The summed E-state index contributed by atoms with van der Waals surface area (Å²) in [6.07, 6.45) is 5.51. The number of thiophene rings is 1. The number of ketones is 1. The third-order valence-electron chi connectivity index (χ3n) is 1.60. The third-order valence-corrected chi connectivity index (χ3v) is 3.52. The molecule has 1 N–H and O–H groups in total. The van der Waals surface area contributed by atoms with Gasteiger partial charge in [0.2, 0.25) is 0 Å². The number of terminal acetylenes is 1. The maximum absolute atomic E-state index is 11.4. The van der Waals surface area contributed by atoms with Gasteiger partial charge in [-0.2, -0.15) is 0 Å². The van der Waals surface area contributed by atoms with E-state index in [1.165, 1.54) is 0 Å². The van der Waals surface area contributed by atoms with Crippen molar-refractivity contribution in [3.8, 4) is 12.3 Å². The van der Waals surface area contributed by atoms with E-state index in [0.717, 1.165) is 9.35 Å². The topological polar surface area (TPSA) is 29.1 Å². The molecule has 1 rings (SSSR count). The summed E-state index contributed by atoms with van der Waals surface area (Å²) in [4.78, 5) is 12.5. The molecule has 1 aromatic heterocycles. The van der Waals surface area contributed by atoms with Crippen molar-refractivity contribution >= 4 is 33.0 Å². The zero-order valence-electron chi connectivity index (χ0n) is 7.55. The molecule has 4 heteroatoms. The number of carbonyl (C=O) groups is 1. The fourth-order valence-electron chi connectivity index (χ4n) is 0.967. The van der Waals surface area contributed by atoms with Crippen molar-refractivity contribution in [2.75, 3.05) is 13.1 Å². The molecule has 0 aliphatic heterocycles. The Bertz CT molecular complexity index is 353. The lowest BCUT2D eigenvalue weighted by atomic mass is 10.2. The Kier molecular flexibility index (Phi) is 4.88. The largest absolute Gasteiger partial charge is 0.299 e. The first-order chi connectivity index (χ1) is 6.74. The quantitative estimate of drug-likeness (QED) is 0.654. The van der Waals surface area contributed by atoms with Gasteiger partial charge in [-0.1, -0.05) is 5.92 Å². The van der Waals surface area contributed by atoms with Gasteiger partial charge in [0.15, 0.2) is 5.78 Å².